The summed E-state index contributed by atoms with van der Waals surface area (Å²) >= 11 is 5.87. The van der Waals surface area contributed by atoms with Crippen molar-refractivity contribution in [3.05, 3.63) is 70.5 Å². The van der Waals surface area contributed by atoms with Crippen LogP contribution in [-0.2, 0) is 22.6 Å². The Morgan fingerprint density at radius 2 is 1.73 bits per heavy atom. The number of rotatable bonds is 6. The van der Waals surface area contributed by atoms with Gasteiger partial charge >= 0.3 is 12.2 Å². The maximum Gasteiger partial charge on any atom is 0.416 e. The van der Waals surface area contributed by atoms with E-state index in [9.17, 15) is 26.4 Å². The molecule has 0 fully saturated rings. The fourth-order valence-corrected chi connectivity index (χ4v) is 4.10. The van der Waals surface area contributed by atoms with Crippen molar-refractivity contribution in [3.63, 3.8) is 0 Å². The van der Waals surface area contributed by atoms with E-state index in [0.717, 1.165) is 12.1 Å². The largest absolute Gasteiger partial charge is 0.416 e. The number of benzene rings is 2. The standard InChI is InChI=1S/C19H16ClF3N6O3S/c1-24-16-25-15(10-11-5-4-6-12(9-11)19(21,22)23)26-17(27-16)28-18(30)29-33(31,32)14-8-3-2-7-13(14)20/h2-9H,10H2,1H3,(H3,24,25,26,27,28,29,30). The van der Waals surface area contributed by atoms with Crippen LogP contribution in [0.3, 0.4) is 0 Å². The molecule has 3 N–H and O–H groups in total. The van der Waals surface area contributed by atoms with Gasteiger partial charge in [-0.2, -0.15) is 28.1 Å². The van der Waals surface area contributed by atoms with Crippen molar-refractivity contribution in [2.75, 3.05) is 17.7 Å². The molecule has 3 aromatic rings. The number of alkyl halides is 3. The predicted molar refractivity (Wildman–Crippen MR) is 114 cm³/mol. The van der Waals surface area contributed by atoms with Gasteiger partial charge in [0.1, 0.15) is 10.7 Å². The van der Waals surface area contributed by atoms with Crippen molar-refractivity contribution in [2.24, 2.45) is 0 Å². The average Bonchev–Trinajstić information content (AvgIpc) is 2.72. The first kappa shape index (κ1) is 24.2. The van der Waals surface area contributed by atoms with Gasteiger partial charge in [-0.25, -0.2) is 17.9 Å². The molecule has 14 heteroatoms. The van der Waals surface area contributed by atoms with Gasteiger partial charge in [0.2, 0.25) is 11.9 Å². The first-order valence-corrected chi connectivity index (χ1v) is 11.0. The van der Waals surface area contributed by atoms with E-state index in [1.54, 1.807) is 4.72 Å². The number of carbonyl (C=O) groups excluding carboxylic acids is 1. The number of urea groups is 1. The quantitative estimate of drug-likeness (QED) is 0.471. The van der Waals surface area contributed by atoms with Crippen molar-refractivity contribution < 1.29 is 26.4 Å². The Balaban J connectivity index is 1.80. The molecule has 0 atom stereocenters. The lowest BCUT2D eigenvalue weighted by molar-refractivity contribution is -0.137. The summed E-state index contributed by atoms with van der Waals surface area (Å²) in [5, 5.41) is 4.72. The van der Waals surface area contributed by atoms with Crippen LogP contribution in [-0.4, -0.2) is 36.4 Å². The summed E-state index contributed by atoms with van der Waals surface area (Å²) in [6, 6.07) is 8.96. The molecule has 0 aliphatic heterocycles. The smallest absolute Gasteiger partial charge is 0.357 e. The normalized spacial score (nSPS) is 11.7. The highest BCUT2D eigenvalue weighted by Crippen LogP contribution is 2.30. The van der Waals surface area contributed by atoms with Gasteiger partial charge < -0.3 is 5.32 Å². The number of hydrogen-bond acceptors (Lipinski definition) is 7. The van der Waals surface area contributed by atoms with E-state index in [2.05, 4.69) is 25.6 Å². The van der Waals surface area contributed by atoms with Gasteiger partial charge in [0.15, 0.2) is 0 Å². The number of sulfonamides is 1. The summed E-state index contributed by atoms with van der Waals surface area (Å²) in [6.07, 6.45) is -4.61. The van der Waals surface area contributed by atoms with Crippen molar-refractivity contribution >= 4 is 39.6 Å². The second kappa shape index (κ2) is 9.58. The summed E-state index contributed by atoms with van der Waals surface area (Å²) < 4.78 is 65.4. The molecule has 1 heterocycles. The average molecular weight is 501 g/mol. The van der Waals surface area contributed by atoms with Crippen LogP contribution in [0.5, 0.6) is 0 Å². The summed E-state index contributed by atoms with van der Waals surface area (Å²) in [5.74, 6) is -0.266. The van der Waals surface area contributed by atoms with Crippen LogP contribution >= 0.6 is 11.6 Å². The van der Waals surface area contributed by atoms with Crippen molar-refractivity contribution in [2.45, 2.75) is 17.5 Å². The van der Waals surface area contributed by atoms with E-state index in [1.807, 2.05) is 0 Å². The maximum atomic E-state index is 13.0. The minimum atomic E-state index is -4.51. The maximum absolute atomic E-state index is 13.0. The van der Waals surface area contributed by atoms with Gasteiger partial charge in [0.25, 0.3) is 10.0 Å². The Hall–Kier alpha value is -3.45. The molecule has 1 aromatic heterocycles. The molecule has 0 radical (unpaired) electrons. The molecule has 9 nitrogen and oxygen atoms in total. The van der Waals surface area contributed by atoms with Crippen LogP contribution in [0.4, 0.5) is 29.9 Å². The molecule has 0 aliphatic rings. The molecule has 0 spiro atoms. The van der Waals surface area contributed by atoms with E-state index >= 15 is 0 Å². The molecule has 0 saturated heterocycles. The summed E-state index contributed by atoms with van der Waals surface area (Å²) in [6.45, 7) is 0. The highest BCUT2D eigenvalue weighted by molar-refractivity contribution is 7.90. The Labute approximate surface area is 191 Å². The first-order chi connectivity index (χ1) is 15.5. The lowest BCUT2D eigenvalue weighted by atomic mass is 10.1. The van der Waals surface area contributed by atoms with Crippen LogP contribution in [0.25, 0.3) is 0 Å². The van der Waals surface area contributed by atoms with E-state index in [4.69, 9.17) is 11.6 Å². The molecule has 2 amide bonds. The molecule has 2 aromatic carbocycles. The number of aromatic nitrogens is 3. The summed E-state index contributed by atoms with van der Waals surface area (Å²) in [4.78, 5) is 23.9. The molecule has 0 saturated carbocycles. The summed E-state index contributed by atoms with van der Waals surface area (Å²) in [5.41, 5.74) is -0.555. The monoisotopic (exact) mass is 500 g/mol. The Morgan fingerprint density at radius 1 is 1.03 bits per heavy atom. The van der Waals surface area contributed by atoms with Crippen LogP contribution in [0.2, 0.25) is 5.02 Å². The van der Waals surface area contributed by atoms with Gasteiger partial charge in [0, 0.05) is 13.5 Å². The van der Waals surface area contributed by atoms with E-state index in [0.29, 0.717) is 0 Å². The minimum Gasteiger partial charge on any atom is -0.357 e. The Kier molecular flexibility index (Phi) is 7.03. The van der Waals surface area contributed by atoms with Crippen LogP contribution < -0.4 is 15.4 Å². The molecule has 174 valence electrons. The van der Waals surface area contributed by atoms with Gasteiger partial charge in [0.05, 0.1) is 10.6 Å². The Morgan fingerprint density at radius 3 is 2.39 bits per heavy atom. The fraction of sp³-hybridized carbons (Fsp3) is 0.158. The zero-order valence-corrected chi connectivity index (χ0v) is 18.4. The second-order valence-electron chi connectivity index (χ2n) is 6.51. The summed E-state index contributed by atoms with van der Waals surface area (Å²) in [7, 11) is -2.81. The third-order valence-electron chi connectivity index (χ3n) is 4.10. The van der Waals surface area contributed by atoms with Crippen molar-refractivity contribution in [1.82, 2.24) is 19.7 Å². The number of hydrogen-bond donors (Lipinski definition) is 3. The van der Waals surface area contributed by atoms with Crippen LogP contribution in [0, 0.1) is 0 Å². The highest BCUT2D eigenvalue weighted by atomic mass is 35.5. The predicted octanol–water partition coefficient (Wildman–Crippen LogP) is 3.69. The number of halogens is 4. The molecular weight excluding hydrogens is 485 g/mol. The zero-order chi connectivity index (χ0) is 24.2. The highest BCUT2D eigenvalue weighted by Gasteiger charge is 2.30. The SMILES string of the molecule is CNc1nc(Cc2cccc(C(F)(F)F)c2)nc(NC(=O)NS(=O)(=O)c2ccccc2Cl)n1. The lowest BCUT2D eigenvalue weighted by Crippen LogP contribution is -2.35. The van der Waals surface area contributed by atoms with Gasteiger partial charge in [-0.3, -0.25) is 5.32 Å². The number of nitrogens with one attached hydrogen (secondary N) is 3. The Bertz CT molecular complexity index is 1290. The zero-order valence-electron chi connectivity index (χ0n) is 16.8. The van der Waals surface area contributed by atoms with E-state index in [1.165, 1.54) is 43.4 Å². The van der Waals surface area contributed by atoms with E-state index in [-0.39, 0.29) is 39.6 Å². The van der Waals surface area contributed by atoms with Gasteiger partial charge in [-0.1, -0.05) is 41.9 Å². The number of anilines is 2. The molecule has 0 bridgehead atoms. The number of nitrogens with zero attached hydrogens (tertiary/aromatic N) is 3. The third kappa shape index (κ3) is 6.29. The molecule has 33 heavy (non-hydrogen) atoms. The van der Waals surface area contributed by atoms with Crippen molar-refractivity contribution in [1.29, 1.82) is 0 Å². The number of carbonyl (C=O) groups is 1. The van der Waals surface area contributed by atoms with Crippen LogP contribution in [0.15, 0.2) is 53.4 Å². The molecule has 3 rings (SSSR count). The molecule has 0 unspecified atom stereocenters. The molecule has 0 aliphatic carbocycles. The number of amides is 2. The van der Waals surface area contributed by atoms with Crippen molar-refractivity contribution in [3.8, 4) is 0 Å². The second-order valence-corrected chi connectivity index (χ2v) is 8.57. The van der Waals surface area contributed by atoms with Crippen LogP contribution in [0.1, 0.15) is 17.0 Å². The minimum absolute atomic E-state index is 0.0104. The topological polar surface area (TPSA) is 126 Å². The molecular formula is C19H16ClF3N6O3S. The van der Waals surface area contributed by atoms with Gasteiger partial charge in [-0.15, -0.1) is 0 Å². The fourth-order valence-electron chi connectivity index (χ4n) is 2.67. The lowest BCUT2D eigenvalue weighted by Gasteiger charge is -2.11. The third-order valence-corrected chi connectivity index (χ3v) is 5.93. The van der Waals surface area contributed by atoms with Gasteiger partial charge in [-0.05, 0) is 23.8 Å². The van der Waals surface area contributed by atoms with E-state index < -0.39 is 27.8 Å². The first-order valence-electron chi connectivity index (χ1n) is 9.15.